The minimum absolute atomic E-state index is 0.219. The molecule has 0 radical (unpaired) electrons. The molecule has 30 heavy (non-hydrogen) atoms. The van der Waals surface area contributed by atoms with Crippen molar-refractivity contribution < 1.29 is 24.2 Å². The molecule has 1 aromatic heterocycles. The van der Waals surface area contributed by atoms with Gasteiger partial charge in [-0.2, -0.15) is 5.10 Å². The Morgan fingerprint density at radius 1 is 1.03 bits per heavy atom. The topological polar surface area (TPSA) is 110 Å². The van der Waals surface area contributed by atoms with Gasteiger partial charge in [0.1, 0.15) is 6.61 Å². The molecule has 0 bridgehead atoms. The summed E-state index contributed by atoms with van der Waals surface area (Å²) in [5.41, 5.74) is 4.66. The summed E-state index contributed by atoms with van der Waals surface area (Å²) in [7, 11) is 1.52. The van der Waals surface area contributed by atoms with Crippen LogP contribution in [-0.4, -0.2) is 35.3 Å². The second-order valence-corrected chi connectivity index (χ2v) is 6.14. The predicted molar refractivity (Wildman–Crippen MR) is 110 cm³/mol. The first kappa shape index (κ1) is 20.5. The molecule has 0 saturated carbocycles. The molecule has 0 unspecified atom stereocenters. The maximum absolute atomic E-state index is 12.0. The van der Waals surface area contributed by atoms with Crippen LogP contribution in [0.4, 0.5) is 0 Å². The quantitative estimate of drug-likeness (QED) is 0.440. The number of methoxy groups -OCH3 is 1. The Balaban J connectivity index is 1.61. The number of hydrogen-bond donors (Lipinski definition) is 2. The van der Waals surface area contributed by atoms with Crippen molar-refractivity contribution in [3.8, 4) is 11.5 Å². The number of ether oxygens (including phenoxy) is 2. The molecule has 0 aliphatic heterocycles. The fourth-order valence-electron chi connectivity index (χ4n) is 2.52. The number of carbonyl (C=O) groups excluding carboxylic acids is 1. The number of amides is 1. The number of pyridine rings is 1. The zero-order chi connectivity index (χ0) is 21.3. The number of nitrogens with zero attached hydrogens (tertiary/aromatic N) is 2. The van der Waals surface area contributed by atoms with Crippen molar-refractivity contribution in [3.05, 3.63) is 89.2 Å². The van der Waals surface area contributed by atoms with Gasteiger partial charge in [0.2, 0.25) is 0 Å². The largest absolute Gasteiger partial charge is 0.493 e. The van der Waals surface area contributed by atoms with Crippen molar-refractivity contribution in [1.29, 1.82) is 0 Å². The average Bonchev–Trinajstić information content (AvgIpc) is 2.78. The van der Waals surface area contributed by atoms with E-state index in [9.17, 15) is 9.59 Å². The Kier molecular flexibility index (Phi) is 6.73. The summed E-state index contributed by atoms with van der Waals surface area (Å²) in [6.45, 7) is 0.256. The van der Waals surface area contributed by atoms with E-state index in [1.54, 1.807) is 42.5 Å². The Bertz CT molecular complexity index is 1050. The SMILES string of the molecule is COc1cc(/C=N\NC(=O)c2ccncc2)ccc1OCc1ccc(C(=O)O)cc1. The van der Waals surface area contributed by atoms with Crippen LogP contribution in [0.3, 0.4) is 0 Å². The highest BCUT2D eigenvalue weighted by molar-refractivity contribution is 5.94. The second kappa shape index (κ2) is 9.83. The molecule has 3 rings (SSSR count). The van der Waals surface area contributed by atoms with Gasteiger partial charge in [0.15, 0.2) is 11.5 Å². The third-order valence-electron chi connectivity index (χ3n) is 4.11. The lowest BCUT2D eigenvalue weighted by atomic mass is 10.1. The molecule has 0 fully saturated rings. The minimum Gasteiger partial charge on any atom is -0.493 e. The molecule has 1 amide bonds. The van der Waals surface area contributed by atoms with Crippen LogP contribution >= 0.6 is 0 Å². The molecule has 8 heteroatoms. The number of carbonyl (C=O) groups is 2. The summed E-state index contributed by atoms with van der Waals surface area (Å²) < 4.78 is 11.1. The van der Waals surface area contributed by atoms with Crippen molar-refractivity contribution in [3.63, 3.8) is 0 Å². The molecule has 0 saturated heterocycles. The van der Waals surface area contributed by atoms with Crippen molar-refractivity contribution in [2.75, 3.05) is 7.11 Å². The van der Waals surface area contributed by atoms with Gasteiger partial charge in [-0.3, -0.25) is 9.78 Å². The van der Waals surface area contributed by atoms with E-state index in [1.807, 2.05) is 0 Å². The Morgan fingerprint density at radius 3 is 2.43 bits per heavy atom. The van der Waals surface area contributed by atoms with E-state index < -0.39 is 5.97 Å². The van der Waals surface area contributed by atoms with E-state index >= 15 is 0 Å². The molecular formula is C22H19N3O5. The third-order valence-corrected chi connectivity index (χ3v) is 4.11. The van der Waals surface area contributed by atoms with Gasteiger partial charge in [0, 0.05) is 18.0 Å². The lowest BCUT2D eigenvalue weighted by molar-refractivity contribution is 0.0696. The Morgan fingerprint density at radius 2 is 1.77 bits per heavy atom. The summed E-state index contributed by atoms with van der Waals surface area (Å²) >= 11 is 0. The van der Waals surface area contributed by atoms with Crippen molar-refractivity contribution in [2.45, 2.75) is 6.61 Å². The molecule has 152 valence electrons. The summed E-state index contributed by atoms with van der Waals surface area (Å²) in [4.78, 5) is 26.7. The summed E-state index contributed by atoms with van der Waals surface area (Å²) in [6.07, 6.45) is 4.56. The number of hydrazone groups is 1. The number of carboxylic acid groups (broad SMARTS) is 1. The zero-order valence-corrected chi connectivity index (χ0v) is 16.1. The predicted octanol–water partition coefficient (Wildman–Crippen LogP) is 3.13. The number of nitrogens with one attached hydrogen (secondary N) is 1. The molecule has 0 atom stereocenters. The van der Waals surface area contributed by atoms with Gasteiger partial charge in [-0.05, 0) is 53.6 Å². The highest BCUT2D eigenvalue weighted by Crippen LogP contribution is 2.28. The van der Waals surface area contributed by atoms with Gasteiger partial charge in [-0.25, -0.2) is 10.2 Å². The number of aromatic carboxylic acids is 1. The van der Waals surface area contributed by atoms with Crippen LogP contribution in [0.2, 0.25) is 0 Å². The van der Waals surface area contributed by atoms with Crippen LogP contribution in [0.25, 0.3) is 0 Å². The van der Waals surface area contributed by atoms with E-state index in [0.717, 1.165) is 5.56 Å². The maximum atomic E-state index is 12.0. The summed E-state index contributed by atoms with van der Waals surface area (Å²) in [5, 5.41) is 12.9. The minimum atomic E-state index is -0.974. The maximum Gasteiger partial charge on any atom is 0.335 e. The smallest absolute Gasteiger partial charge is 0.335 e. The van der Waals surface area contributed by atoms with Crippen molar-refractivity contribution in [1.82, 2.24) is 10.4 Å². The van der Waals surface area contributed by atoms with Crippen molar-refractivity contribution in [2.24, 2.45) is 5.10 Å². The Labute approximate surface area is 172 Å². The van der Waals surface area contributed by atoms with Gasteiger partial charge in [-0.1, -0.05) is 12.1 Å². The van der Waals surface area contributed by atoms with Gasteiger partial charge < -0.3 is 14.6 Å². The fraction of sp³-hybridized carbons (Fsp3) is 0.0909. The van der Waals surface area contributed by atoms with Crippen LogP contribution in [-0.2, 0) is 6.61 Å². The monoisotopic (exact) mass is 405 g/mol. The van der Waals surface area contributed by atoms with Gasteiger partial charge in [0.05, 0.1) is 18.9 Å². The molecule has 3 aromatic rings. The lowest BCUT2D eigenvalue weighted by Gasteiger charge is -2.11. The van der Waals surface area contributed by atoms with E-state index in [4.69, 9.17) is 14.6 Å². The van der Waals surface area contributed by atoms with E-state index in [0.29, 0.717) is 22.6 Å². The molecule has 0 aliphatic rings. The summed E-state index contributed by atoms with van der Waals surface area (Å²) in [5.74, 6) is -0.285. The first-order chi connectivity index (χ1) is 14.6. The van der Waals surface area contributed by atoms with Crippen LogP contribution in [0.5, 0.6) is 11.5 Å². The molecule has 8 nitrogen and oxygen atoms in total. The highest BCUT2D eigenvalue weighted by atomic mass is 16.5. The number of rotatable bonds is 8. The van der Waals surface area contributed by atoms with Crippen LogP contribution in [0.15, 0.2) is 72.1 Å². The standard InChI is InChI=1S/C22H19N3O5/c1-29-20-12-16(13-24-25-21(26)17-8-10-23-11-9-17)4-7-19(20)30-14-15-2-5-18(6-3-15)22(27)28/h2-13H,14H2,1H3,(H,25,26)(H,27,28)/b24-13-. The first-order valence-electron chi connectivity index (χ1n) is 8.93. The third kappa shape index (κ3) is 5.41. The van der Waals surface area contributed by atoms with Crippen LogP contribution in [0, 0.1) is 0 Å². The molecule has 2 N–H and O–H groups in total. The second-order valence-electron chi connectivity index (χ2n) is 6.14. The van der Waals surface area contributed by atoms with Crippen LogP contribution in [0.1, 0.15) is 31.8 Å². The van der Waals surface area contributed by atoms with Crippen LogP contribution < -0.4 is 14.9 Å². The average molecular weight is 405 g/mol. The number of hydrogen-bond acceptors (Lipinski definition) is 6. The molecule has 0 spiro atoms. The summed E-state index contributed by atoms with van der Waals surface area (Å²) in [6, 6.07) is 14.9. The molecular weight excluding hydrogens is 386 g/mol. The first-order valence-corrected chi connectivity index (χ1v) is 8.93. The number of benzene rings is 2. The van der Waals surface area contributed by atoms with E-state index in [-0.39, 0.29) is 18.1 Å². The molecule has 2 aromatic carbocycles. The zero-order valence-electron chi connectivity index (χ0n) is 16.1. The highest BCUT2D eigenvalue weighted by Gasteiger charge is 2.07. The number of carboxylic acids is 1. The Hall–Kier alpha value is -4.20. The molecule has 1 heterocycles. The fourth-order valence-corrected chi connectivity index (χ4v) is 2.52. The van der Waals surface area contributed by atoms with E-state index in [2.05, 4.69) is 15.5 Å². The van der Waals surface area contributed by atoms with E-state index in [1.165, 1.54) is 37.9 Å². The number of aromatic nitrogens is 1. The van der Waals surface area contributed by atoms with Crippen molar-refractivity contribution >= 4 is 18.1 Å². The molecule has 0 aliphatic carbocycles. The van der Waals surface area contributed by atoms with Gasteiger partial charge in [0.25, 0.3) is 5.91 Å². The van der Waals surface area contributed by atoms with Gasteiger partial charge >= 0.3 is 5.97 Å². The van der Waals surface area contributed by atoms with Gasteiger partial charge in [-0.15, -0.1) is 0 Å². The normalized spacial score (nSPS) is 10.6. The lowest BCUT2D eigenvalue weighted by Crippen LogP contribution is -2.17.